The van der Waals surface area contributed by atoms with Crippen molar-refractivity contribution in [3.8, 4) is 0 Å². The van der Waals surface area contributed by atoms with Crippen LogP contribution in [0.4, 0.5) is 5.82 Å². The minimum absolute atomic E-state index is 0.836. The SMILES string of the molecule is Cc1nccc(NCCC2CCCCC2)n1. The van der Waals surface area contributed by atoms with Crippen LogP contribution in [-0.4, -0.2) is 16.5 Å². The van der Waals surface area contributed by atoms with E-state index in [0.29, 0.717) is 0 Å². The molecular formula is C13H21N3. The molecule has 1 heterocycles. The lowest BCUT2D eigenvalue weighted by atomic mass is 9.87. The van der Waals surface area contributed by atoms with Crippen LogP contribution >= 0.6 is 0 Å². The molecule has 1 fully saturated rings. The van der Waals surface area contributed by atoms with Crippen LogP contribution in [-0.2, 0) is 0 Å². The zero-order chi connectivity index (χ0) is 11.2. The van der Waals surface area contributed by atoms with Crippen LogP contribution in [0.2, 0.25) is 0 Å². The van der Waals surface area contributed by atoms with Gasteiger partial charge in [-0.3, -0.25) is 0 Å². The number of anilines is 1. The van der Waals surface area contributed by atoms with Gasteiger partial charge in [0.2, 0.25) is 0 Å². The molecular weight excluding hydrogens is 198 g/mol. The summed E-state index contributed by atoms with van der Waals surface area (Å²) in [5.41, 5.74) is 0. The van der Waals surface area contributed by atoms with Crippen molar-refractivity contribution in [1.29, 1.82) is 0 Å². The second-order valence-corrected chi connectivity index (χ2v) is 4.71. The molecule has 0 spiro atoms. The third kappa shape index (κ3) is 3.47. The van der Waals surface area contributed by atoms with Gasteiger partial charge in [-0.05, 0) is 25.3 Å². The third-order valence-corrected chi connectivity index (χ3v) is 3.36. The van der Waals surface area contributed by atoms with Crippen LogP contribution in [0.5, 0.6) is 0 Å². The lowest BCUT2D eigenvalue weighted by Gasteiger charge is -2.21. The molecule has 3 nitrogen and oxygen atoms in total. The Morgan fingerprint density at radius 3 is 2.88 bits per heavy atom. The summed E-state index contributed by atoms with van der Waals surface area (Å²) in [5.74, 6) is 2.73. The number of aromatic nitrogens is 2. The maximum absolute atomic E-state index is 4.33. The molecule has 0 unspecified atom stereocenters. The largest absolute Gasteiger partial charge is 0.370 e. The van der Waals surface area contributed by atoms with Crippen LogP contribution in [0.1, 0.15) is 44.3 Å². The standard InChI is InChI=1S/C13H21N3/c1-11-14-10-8-13(16-11)15-9-7-12-5-3-2-4-6-12/h8,10,12H,2-7,9H2,1H3,(H,14,15,16). The highest BCUT2D eigenvalue weighted by molar-refractivity contribution is 5.32. The molecule has 1 aliphatic rings. The number of hydrogen-bond donors (Lipinski definition) is 1. The fraction of sp³-hybridized carbons (Fsp3) is 0.692. The van der Waals surface area contributed by atoms with E-state index in [1.807, 2.05) is 19.2 Å². The van der Waals surface area contributed by atoms with Gasteiger partial charge in [-0.25, -0.2) is 9.97 Å². The number of nitrogens with zero attached hydrogens (tertiary/aromatic N) is 2. The fourth-order valence-corrected chi connectivity index (χ4v) is 2.43. The average molecular weight is 219 g/mol. The van der Waals surface area contributed by atoms with Crippen molar-refractivity contribution in [2.45, 2.75) is 45.4 Å². The van der Waals surface area contributed by atoms with Crippen LogP contribution in [0.25, 0.3) is 0 Å². The molecule has 0 amide bonds. The van der Waals surface area contributed by atoms with Gasteiger partial charge in [0.05, 0.1) is 0 Å². The van der Waals surface area contributed by atoms with Crippen molar-refractivity contribution in [2.75, 3.05) is 11.9 Å². The van der Waals surface area contributed by atoms with Crippen molar-refractivity contribution >= 4 is 5.82 Å². The first kappa shape index (κ1) is 11.4. The van der Waals surface area contributed by atoms with Gasteiger partial charge in [0.15, 0.2) is 0 Å². The molecule has 3 heteroatoms. The van der Waals surface area contributed by atoms with Crippen molar-refractivity contribution in [1.82, 2.24) is 9.97 Å². The van der Waals surface area contributed by atoms with E-state index in [0.717, 1.165) is 24.1 Å². The van der Waals surface area contributed by atoms with E-state index in [-0.39, 0.29) is 0 Å². The molecule has 88 valence electrons. The maximum Gasteiger partial charge on any atom is 0.129 e. The second kappa shape index (κ2) is 5.83. The van der Waals surface area contributed by atoms with E-state index in [1.165, 1.54) is 38.5 Å². The van der Waals surface area contributed by atoms with E-state index in [9.17, 15) is 0 Å². The highest BCUT2D eigenvalue weighted by atomic mass is 15.0. The topological polar surface area (TPSA) is 37.8 Å². The van der Waals surface area contributed by atoms with Gasteiger partial charge < -0.3 is 5.32 Å². The molecule has 1 aromatic heterocycles. The molecule has 0 saturated heterocycles. The Labute approximate surface area is 97.7 Å². The lowest BCUT2D eigenvalue weighted by Crippen LogP contribution is -2.12. The molecule has 16 heavy (non-hydrogen) atoms. The normalized spacial score (nSPS) is 17.3. The number of hydrogen-bond acceptors (Lipinski definition) is 3. The molecule has 0 aromatic carbocycles. The first-order valence-electron chi connectivity index (χ1n) is 6.38. The Balaban J connectivity index is 1.71. The van der Waals surface area contributed by atoms with Crippen molar-refractivity contribution < 1.29 is 0 Å². The molecule has 0 aliphatic heterocycles. The zero-order valence-electron chi connectivity index (χ0n) is 10.1. The minimum atomic E-state index is 0.836. The highest BCUT2D eigenvalue weighted by Crippen LogP contribution is 2.25. The van der Waals surface area contributed by atoms with Crippen LogP contribution < -0.4 is 5.32 Å². The molecule has 1 aliphatic carbocycles. The first-order chi connectivity index (χ1) is 7.84. The summed E-state index contributed by atoms with van der Waals surface area (Å²) in [5, 5.41) is 3.38. The van der Waals surface area contributed by atoms with Gasteiger partial charge in [-0.1, -0.05) is 32.1 Å². The van der Waals surface area contributed by atoms with Crippen molar-refractivity contribution in [3.63, 3.8) is 0 Å². The number of aryl methyl sites for hydroxylation is 1. The quantitative estimate of drug-likeness (QED) is 0.845. The Hall–Kier alpha value is -1.12. The van der Waals surface area contributed by atoms with E-state index >= 15 is 0 Å². The third-order valence-electron chi connectivity index (χ3n) is 3.36. The maximum atomic E-state index is 4.33. The molecule has 0 radical (unpaired) electrons. The summed E-state index contributed by atoms with van der Waals surface area (Å²) in [4.78, 5) is 8.42. The monoisotopic (exact) mass is 219 g/mol. The van der Waals surface area contributed by atoms with Gasteiger partial charge in [0, 0.05) is 12.7 Å². The minimum Gasteiger partial charge on any atom is -0.370 e. The zero-order valence-corrected chi connectivity index (χ0v) is 10.1. The van der Waals surface area contributed by atoms with Gasteiger partial charge in [0.25, 0.3) is 0 Å². The lowest BCUT2D eigenvalue weighted by molar-refractivity contribution is 0.345. The van der Waals surface area contributed by atoms with Gasteiger partial charge in [0.1, 0.15) is 11.6 Å². The predicted octanol–water partition coefficient (Wildman–Crippen LogP) is 3.17. The molecule has 1 aromatic rings. The highest BCUT2D eigenvalue weighted by Gasteiger charge is 2.12. The summed E-state index contributed by atoms with van der Waals surface area (Å²) in [6.45, 7) is 2.97. The Kier molecular flexibility index (Phi) is 4.14. The van der Waals surface area contributed by atoms with Gasteiger partial charge in [-0.15, -0.1) is 0 Å². The first-order valence-corrected chi connectivity index (χ1v) is 6.38. The van der Waals surface area contributed by atoms with Gasteiger partial charge >= 0.3 is 0 Å². The molecule has 0 bridgehead atoms. The summed E-state index contributed by atoms with van der Waals surface area (Å²) >= 11 is 0. The van der Waals surface area contributed by atoms with Crippen LogP contribution in [0, 0.1) is 12.8 Å². The Morgan fingerprint density at radius 2 is 2.12 bits per heavy atom. The summed E-state index contributed by atoms with van der Waals surface area (Å²) < 4.78 is 0. The molecule has 2 rings (SSSR count). The summed E-state index contributed by atoms with van der Waals surface area (Å²) in [6.07, 6.45) is 10.2. The Bertz CT molecular complexity index is 319. The van der Waals surface area contributed by atoms with E-state index in [2.05, 4.69) is 15.3 Å². The van der Waals surface area contributed by atoms with E-state index in [1.54, 1.807) is 0 Å². The van der Waals surface area contributed by atoms with E-state index < -0.39 is 0 Å². The summed E-state index contributed by atoms with van der Waals surface area (Å²) in [6, 6.07) is 1.94. The Morgan fingerprint density at radius 1 is 1.31 bits per heavy atom. The van der Waals surface area contributed by atoms with Crippen LogP contribution in [0.3, 0.4) is 0 Å². The molecule has 0 atom stereocenters. The smallest absolute Gasteiger partial charge is 0.129 e. The van der Waals surface area contributed by atoms with Crippen LogP contribution in [0.15, 0.2) is 12.3 Å². The summed E-state index contributed by atoms with van der Waals surface area (Å²) in [7, 11) is 0. The van der Waals surface area contributed by atoms with Crippen molar-refractivity contribution in [3.05, 3.63) is 18.1 Å². The number of nitrogens with one attached hydrogen (secondary N) is 1. The van der Waals surface area contributed by atoms with E-state index in [4.69, 9.17) is 0 Å². The fourth-order valence-electron chi connectivity index (χ4n) is 2.43. The molecule has 1 N–H and O–H groups in total. The van der Waals surface area contributed by atoms with Gasteiger partial charge in [-0.2, -0.15) is 0 Å². The molecule has 1 saturated carbocycles. The van der Waals surface area contributed by atoms with Crippen molar-refractivity contribution in [2.24, 2.45) is 5.92 Å². The predicted molar refractivity (Wildman–Crippen MR) is 66.5 cm³/mol. The second-order valence-electron chi connectivity index (χ2n) is 4.71. The number of rotatable bonds is 4. The average Bonchev–Trinajstić information content (AvgIpc) is 2.30.